The van der Waals surface area contributed by atoms with E-state index in [-0.39, 0.29) is 0 Å². The Morgan fingerprint density at radius 3 is 2.79 bits per heavy atom. The van der Waals surface area contributed by atoms with Gasteiger partial charge in [0.15, 0.2) is 0 Å². The second kappa shape index (κ2) is 4.71. The molecular formula is C15H19ClN2O. The van der Waals surface area contributed by atoms with E-state index < -0.39 is 0 Å². The molecule has 3 nitrogen and oxygen atoms in total. The normalized spacial score (nSPS) is 17.4. The summed E-state index contributed by atoms with van der Waals surface area (Å²) in [4.78, 5) is 4.65. The fourth-order valence-electron chi connectivity index (χ4n) is 2.93. The highest BCUT2D eigenvalue weighted by Gasteiger charge is 2.33. The Labute approximate surface area is 118 Å². The van der Waals surface area contributed by atoms with Crippen molar-refractivity contribution in [1.82, 2.24) is 9.55 Å². The van der Waals surface area contributed by atoms with Crippen LogP contribution in [0.15, 0.2) is 18.2 Å². The summed E-state index contributed by atoms with van der Waals surface area (Å²) < 4.78 is 7.66. The number of ether oxygens (including phenoxy) is 1. The largest absolute Gasteiger partial charge is 0.494 e. The number of hydrogen-bond donors (Lipinski definition) is 0. The van der Waals surface area contributed by atoms with Gasteiger partial charge in [0, 0.05) is 6.54 Å². The van der Waals surface area contributed by atoms with Crippen LogP contribution in [0.25, 0.3) is 11.0 Å². The minimum absolute atomic E-state index is 0.400. The van der Waals surface area contributed by atoms with Gasteiger partial charge in [-0.3, -0.25) is 0 Å². The summed E-state index contributed by atoms with van der Waals surface area (Å²) in [6, 6.07) is 6.06. The maximum Gasteiger partial charge on any atom is 0.146 e. The van der Waals surface area contributed by atoms with Crippen LogP contribution in [0.4, 0.5) is 0 Å². The lowest BCUT2D eigenvalue weighted by Gasteiger charge is -2.39. The zero-order chi connectivity index (χ0) is 13.5. The van der Waals surface area contributed by atoms with Gasteiger partial charge in [-0.15, -0.1) is 11.6 Å². The van der Waals surface area contributed by atoms with Gasteiger partial charge in [0.05, 0.1) is 18.5 Å². The van der Waals surface area contributed by atoms with Crippen molar-refractivity contribution in [3.63, 3.8) is 0 Å². The number of rotatable bonds is 4. The number of para-hydroxylation sites is 1. The van der Waals surface area contributed by atoms with Gasteiger partial charge in [0.2, 0.25) is 0 Å². The molecule has 1 fully saturated rings. The maximum absolute atomic E-state index is 6.06. The molecular weight excluding hydrogens is 260 g/mol. The number of hydrogen-bond acceptors (Lipinski definition) is 2. The summed E-state index contributed by atoms with van der Waals surface area (Å²) in [5.74, 6) is 2.20. The van der Waals surface area contributed by atoms with Crippen LogP contribution in [0.3, 0.4) is 0 Å². The molecule has 0 N–H and O–H groups in total. The highest BCUT2D eigenvalue weighted by Crippen LogP contribution is 2.43. The predicted octanol–water partition coefficient (Wildman–Crippen LogP) is 3.97. The number of imidazole rings is 1. The zero-order valence-corrected chi connectivity index (χ0v) is 12.2. The van der Waals surface area contributed by atoms with Crippen LogP contribution in [-0.4, -0.2) is 16.7 Å². The van der Waals surface area contributed by atoms with Crippen molar-refractivity contribution in [3.8, 4) is 5.75 Å². The second-order valence-electron chi connectivity index (χ2n) is 5.74. The SMILES string of the molecule is COc1cccc2c1nc(CCl)n2CC1(C)CCC1. The van der Waals surface area contributed by atoms with E-state index >= 15 is 0 Å². The molecule has 2 aromatic rings. The smallest absolute Gasteiger partial charge is 0.146 e. The Morgan fingerprint density at radius 2 is 2.21 bits per heavy atom. The third kappa shape index (κ3) is 2.10. The first-order valence-corrected chi connectivity index (χ1v) is 7.28. The van der Waals surface area contributed by atoms with Crippen LogP contribution >= 0.6 is 11.6 Å². The van der Waals surface area contributed by atoms with Crippen LogP contribution in [0, 0.1) is 5.41 Å². The number of aromatic nitrogens is 2. The van der Waals surface area contributed by atoms with Crippen molar-refractivity contribution in [2.24, 2.45) is 5.41 Å². The first kappa shape index (κ1) is 12.8. The van der Waals surface area contributed by atoms with Crippen molar-refractivity contribution in [3.05, 3.63) is 24.0 Å². The van der Waals surface area contributed by atoms with Gasteiger partial charge in [-0.1, -0.05) is 19.4 Å². The van der Waals surface area contributed by atoms with Crippen molar-refractivity contribution in [2.75, 3.05) is 7.11 Å². The molecule has 1 saturated carbocycles. The number of halogens is 1. The molecule has 4 heteroatoms. The molecule has 1 aliphatic rings. The molecule has 0 amide bonds. The molecule has 0 radical (unpaired) electrons. The van der Waals surface area contributed by atoms with Crippen LogP contribution < -0.4 is 4.74 Å². The molecule has 0 atom stereocenters. The molecule has 0 unspecified atom stereocenters. The molecule has 3 rings (SSSR count). The van der Waals surface area contributed by atoms with E-state index in [0.29, 0.717) is 11.3 Å². The highest BCUT2D eigenvalue weighted by molar-refractivity contribution is 6.16. The van der Waals surface area contributed by atoms with E-state index in [2.05, 4.69) is 22.5 Å². The zero-order valence-electron chi connectivity index (χ0n) is 11.4. The monoisotopic (exact) mass is 278 g/mol. The fraction of sp³-hybridized carbons (Fsp3) is 0.533. The van der Waals surface area contributed by atoms with Crippen LogP contribution in [-0.2, 0) is 12.4 Å². The van der Waals surface area contributed by atoms with Crippen molar-refractivity contribution < 1.29 is 4.74 Å². The Morgan fingerprint density at radius 1 is 1.42 bits per heavy atom. The summed E-state index contributed by atoms with van der Waals surface area (Å²) in [6.45, 7) is 3.35. The summed E-state index contributed by atoms with van der Waals surface area (Å²) in [5, 5.41) is 0. The van der Waals surface area contributed by atoms with Gasteiger partial charge < -0.3 is 9.30 Å². The van der Waals surface area contributed by atoms with Gasteiger partial charge in [0.1, 0.15) is 17.1 Å². The Balaban J connectivity index is 2.10. The lowest BCUT2D eigenvalue weighted by atomic mass is 9.70. The first-order valence-electron chi connectivity index (χ1n) is 6.75. The summed E-state index contributed by atoms with van der Waals surface area (Å²) in [7, 11) is 1.68. The highest BCUT2D eigenvalue weighted by atomic mass is 35.5. The van der Waals surface area contributed by atoms with Crippen LogP contribution in [0.2, 0.25) is 0 Å². The number of methoxy groups -OCH3 is 1. The molecule has 19 heavy (non-hydrogen) atoms. The van der Waals surface area contributed by atoms with E-state index in [0.717, 1.165) is 29.2 Å². The molecule has 1 aromatic carbocycles. The van der Waals surface area contributed by atoms with E-state index in [1.165, 1.54) is 19.3 Å². The molecule has 0 saturated heterocycles. The van der Waals surface area contributed by atoms with Gasteiger partial charge in [0.25, 0.3) is 0 Å². The predicted molar refractivity (Wildman–Crippen MR) is 77.8 cm³/mol. The topological polar surface area (TPSA) is 27.1 Å². The van der Waals surface area contributed by atoms with Gasteiger partial charge >= 0.3 is 0 Å². The van der Waals surface area contributed by atoms with E-state index in [9.17, 15) is 0 Å². The van der Waals surface area contributed by atoms with Crippen molar-refractivity contribution >= 4 is 22.6 Å². The summed E-state index contributed by atoms with van der Waals surface area (Å²) >= 11 is 6.06. The lowest BCUT2D eigenvalue weighted by molar-refractivity contribution is 0.133. The Kier molecular flexibility index (Phi) is 3.17. The Hall–Kier alpha value is -1.22. The van der Waals surface area contributed by atoms with E-state index in [4.69, 9.17) is 16.3 Å². The van der Waals surface area contributed by atoms with E-state index in [1.807, 2.05) is 12.1 Å². The third-order valence-electron chi connectivity index (χ3n) is 4.26. The number of alkyl halides is 1. The average Bonchev–Trinajstić information content (AvgIpc) is 2.75. The number of fused-ring (bicyclic) bond motifs is 1. The summed E-state index contributed by atoms with van der Waals surface area (Å²) in [5.41, 5.74) is 2.45. The molecule has 0 spiro atoms. The molecule has 0 bridgehead atoms. The maximum atomic E-state index is 6.06. The molecule has 1 aliphatic carbocycles. The quantitative estimate of drug-likeness (QED) is 0.791. The Bertz CT molecular complexity index is 601. The van der Waals surface area contributed by atoms with Gasteiger partial charge in [-0.2, -0.15) is 0 Å². The van der Waals surface area contributed by atoms with Crippen molar-refractivity contribution in [1.29, 1.82) is 0 Å². The minimum atomic E-state index is 0.400. The molecule has 0 aliphatic heterocycles. The fourth-order valence-corrected chi connectivity index (χ4v) is 3.14. The minimum Gasteiger partial charge on any atom is -0.494 e. The number of nitrogens with zero attached hydrogens (tertiary/aromatic N) is 2. The van der Waals surface area contributed by atoms with Crippen LogP contribution in [0.1, 0.15) is 32.0 Å². The van der Waals surface area contributed by atoms with Crippen LogP contribution in [0.5, 0.6) is 5.75 Å². The molecule has 1 aromatic heterocycles. The number of benzene rings is 1. The first-order chi connectivity index (χ1) is 9.17. The third-order valence-corrected chi connectivity index (χ3v) is 4.50. The summed E-state index contributed by atoms with van der Waals surface area (Å²) in [6.07, 6.45) is 3.92. The van der Waals surface area contributed by atoms with Crippen molar-refractivity contribution in [2.45, 2.75) is 38.6 Å². The second-order valence-corrected chi connectivity index (χ2v) is 6.01. The van der Waals surface area contributed by atoms with Gasteiger partial charge in [-0.25, -0.2) is 4.98 Å². The molecule has 1 heterocycles. The standard InChI is InChI=1S/C15H19ClN2O/c1-15(7-4-8-15)10-18-11-5-3-6-12(19-2)14(11)17-13(18)9-16/h3,5-6H,4,7-10H2,1-2H3. The van der Waals surface area contributed by atoms with Gasteiger partial charge in [-0.05, 0) is 30.4 Å². The molecule has 102 valence electrons. The van der Waals surface area contributed by atoms with E-state index in [1.54, 1.807) is 7.11 Å². The lowest BCUT2D eigenvalue weighted by Crippen LogP contribution is -2.31. The average molecular weight is 279 g/mol.